The van der Waals surface area contributed by atoms with Gasteiger partial charge >= 0.3 is 0 Å². The smallest absolute Gasteiger partial charge is 0.147 e. The van der Waals surface area contributed by atoms with Crippen LogP contribution >= 0.6 is 0 Å². The van der Waals surface area contributed by atoms with E-state index in [-0.39, 0.29) is 0 Å². The Balaban J connectivity index is 1.77. The molecule has 0 saturated carbocycles. The van der Waals surface area contributed by atoms with Crippen LogP contribution in [0.2, 0.25) is 0 Å². The van der Waals surface area contributed by atoms with Gasteiger partial charge in [0.05, 0.1) is 17.2 Å². The van der Waals surface area contributed by atoms with Crippen molar-refractivity contribution in [1.29, 1.82) is 0 Å². The molecule has 2 aromatic carbocycles. The minimum Gasteiger partial charge on any atom is -0.355 e. The van der Waals surface area contributed by atoms with Crippen molar-refractivity contribution in [2.24, 2.45) is 0 Å². The Kier molecular flexibility index (Phi) is 3.93. The SMILES string of the molecule is Cc1cccc(-c2ccc3ncc(N4CCCCC4)nc3c2)c1C. The van der Waals surface area contributed by atoms with Crippen LogP contribution in [0.3, 0.4) is 0 Å². The molecule has 24 heavy (non-hydrogen) atoms. The van der Waals surface area contributed by atoms with Crippen molar-refractivity contribution in [2.45, 2.75) is 33.1 Å². The first-order chi connectivity index (χ1) is 11.7. The molecule has 0 aliphatic carbocycles. The molecule has 0 spiro atoms. The lowest BCUT2D eigenvalue weighted by Crippen LogP contribution is -2.30. The van der Waals surface area contributed by atoms with Gasteiger partial charge in [-0.2, -0.15) is 0 Å². The van der Waals surface area contributed by atoms with Gasteiger partial charge in [-0.15, -0.1) is 0 Å². The van der Waals surface area contributed by atoms with Crippen molar-refractivity contribution in [3.05, 3.63) is 53.7 Å². The lowest BCUT2D eigenvalue weighted by molar-refractivity contribution is 0.573. The number of hydrogen-bond donors (Lipinski definition) is 0. The van der Waals surface area contributed by atoms with Crippen LogP contribution in [0.15, 0.2) is 42.6 Å². The summed E-state index contributed by atoms with van der Waals surface area (Å²) in [7, 11) is 0. The Hall–Kier alpha value is -2.42. The van der Waals surface area contributed by atoms with E-state index < -0.39 is 0 Å². The van der Waals surface area contributed by atoms with Crippen molar-refractivity contribution >= 4 is 16.9 Å². The van der Waals surface area contributed by atoms with E-state index in [4.69, 9.17) is 4.98 Å². The maximum absolute atomic E-state index is 4.90. The van der Waals surface area contributed by atoms with E-state index in [1.165, 1.54) is 41.5 Å². The first-order valence-electron chi connectivity index (χ1n) is 8.81. The third kappa shape index (κ3) is 2.75. The van der Waals surface area contributed by atoms with E-state index >= 15 is 0 Å². The van der Waals surface area contributed by atoms with Crippen molar-refractivity contribution < 1.29 is 0 Å². The molecule has 1 aromatic heterocycles. The quantitative estimate of drug-likeness (QED) is 0.673. The number of aryl methyl sites for hydroxylation is 1. The summed E-state index contributed by atoms with van der Waals surface area (Å²) in [6.07, 6.45) is 5.75. The molecule has 1 saturated heterocycles. The zero-order chi connectivity index (χ0) is 16.5. The number of piperidine rings is 1. The summed E-state index contributed by atoms with van der Waals surface area (Å²) in [5, 5.41) is 0. The van der Waals surface area contributed by atoms with E-state index in [9.17, 15) is 0 Å². The molecule has 0 amide bonds. The molecule has 3 aromatic rings. The summed E-state index contributed by atoms with van der Waals surface area (Å²) in [6, 6.07) is 12.9. The maximum Gasteiger partial charge on any atom is 0.147 e. The Morgan fingerprint density at radius 1 is 0.917 bits per heavy atom. The average Bonchev–Trinajstić information content (AvgIpc) is 2.64. The van der Waals surface area contributed by atoms with Gasteiger partial charge in [-0.05, 0) is 67.5 Å². The fourth-order valence-corrected chi connectivity index (χ4v) is 3.51. The Morgan fingerprint density at radius 2 is 1.75 bits per heavy atom. The van der Waals surface area contributed by atoms with Crippen LogP contribution in [-0.4, -0.2) is 23.1 Å². The van der Waals surface area contributed by atoms with Crippen LogP contribution in [0.4, 0.5) is 5.82 Å². The van der Waals surface area contributed by atoms with Gasteiger partial charge in [0.15, 0.2) is 0 Å². The van der Waals surface area contributed by atoms with Crippen molar-refractivity contribution in [3.63, 3.8) is 0 Å². The van der Waals surface area contributed by atoms with Gasteiger partial charge in [0.2, 0.25) is 0 Å². The van der Waals surface area contributed by atoms with Crippen LogP contribution in [0.5, 0.6) is 0 Å². The second-order valence-corrected chi connectivity index (χ2v) is 6.73. The summed E-state index contributed by atoms with van der Waals surface area (Å²) in [5.41, 5.74) is 7.09. The number of fused-ring (bicyclic) bond motifs is 1. The minimum absolute atomic E-state index is 0.963. The van der Waals surface area contributed by atoms with E-state index in [0.29, 0.717) is 0 Å². The Bertz CT molecular complexity index is 879. The van der Waals surface area contributed by atoms with Crippen molar-refractivity contribution in [2.75, 3.05) is 18.0 Å². The van der Waals surface area contributed by atoms with Crippen LogP contribution in [0, 0.1) is 13.8 Å². The van der Waals surface area contributed by atoms with Crippen molar-refractivity contribution in [3.8, 4) is 11.1 Å². The lowest BCUT2D eigenvalue weighted by atomic mass is 9.97. The number of hydrogen-bond acceptors (Lipinski definition) is 3. The maximum atomic E-state index is 4.90. The second kappa shape index (κ2) is 6.23. The van der Waals surface area contributed by atoms with E-state index in [2.05, 4.69) is 60.1 Å². The van der Waals surface area contributed by atoms with Gasteiger partial charge in [0.1, 0.15) is 5.82 Å². The van der Waals surface area contributed by atoms with E-state index in [1.807, 2.05) is 6.20 Å². The van der Waals surface area contributed by atoms with Gasteiger partial charge in [0, 0.05) is 13.1 Å². The first kappa shape index (κ1) is 15.1. The molecule has 0 unspecified atom stereocenters. The number of benzene rings is 2. The molecule has 0 atom stereocenters. The number of aromatic nitrogens is 2. The highest BCUT2D eigenvalue weighted by Gasteiger charge is 2.13. The van der Waals surface area contributed by atoms with Gasteiger partial charge in [-0.1, -0.05) is 24.3 Å². The van der Waals surface area contributed by atoms with Crippen molar-refractivity contribution in [1.82, 2.24) is 9.97 Å². The zero-order valence-electron chi connectivity index (χ0n) is 14.4. The molecule has 0 radical (unpaired) electrons. The van der Waals surface area contributed by atoms with Crippen LogP contribution in [-0.2, 0) is 0 Å². The van der Waals surface area contributed by atoms with E-state index in [1.54, 1.807) is 0 Å². The Morgan fingerprint density at radius 3 is 2.58 bits per heavy atom. The number of rotatable bonds is 2. The summed E-state index contributed by atoms with van der Waals surface area (Å²) in [4.78, 5) is 11.9. The molecule has 3 heteroatoms. The standard InChI is InChI=1S/C21H23N3/c1-15-7-6-8-18(16(15)2)17-9-10-19-20(13-17)23-21(14-22-19)24-11-4-3-5-12-24/h6-10,13-14H,3-5,11-12H2,1-2H3. The largest absolute Gasteiger partial charge is 0.355 e. The monoisotopic (exact) mass is 317 g/mol. The molecular formula is C21H23N3. The van der Waals surface area contributed by atoms with Gasteiger partial charge in [-0.3, -0.25) is 4.98 Å². The van der Waals surface area contributed by atoms with Gasteiger partial charge < -0.3 is 4.90 Å². The van der Waals surface area contributed by atoms with Gasteiger partial charge in [0.25, 0.3) is 0 Å². The molecule has 1 aliphatic heterocycles. The highest BCUT2D eigenvalue weighted by atomic mass is 15.2. The molecule has 1 aliphatic rings. The summed E-state index contributed by atoms with van der Waals surface area (Å²) < 4.78 is 0. The third-order valence-corrected chi connectivity index (χ3v) is 5.13. The average molecular weight is 317 g/mol. The molecule has 0 bridgehead atoms. The predicted octanol–water partition coefficient (Wildman–Crippen LogP) is 4.90. The van der Waals surface area contributed by atoms with Crippen LogP contribution in [0.1, 0.15) is 30.4 Å². The number of nitrogens with zero attached hydrogens (tertiary/aromatic N) is 3. The molecule has 3 nitrogen and oxygen atoms in total. The lowest BCUT2D eigenvalue weighted by Gasteiger charge is -2.27. The molecular weight excluding hydrogens is 294 g/mol. The third-order valence-electron chi connectivity index (χ3n) is 5.13. The minimum atomic E-state index is 0.963. The first-order valence-corrected chi connectivity index (χ1v) is 8.81. The number of anilines is 1. The highest BCUT2D eigenvalue weighted by molar-refractivity contribution is 5.83. The summed E-state index contributed by atoms with van der Waals surface area (Å²) in [5.74, 6) is 1.01. The molecule has 2 heterocycles. The normalized spacial score (nSPS) is 15.0. The molecule has 0 N–H and O–H groups in total. The molecule has 4 rings (SSSR count). The second-order valence-electron chi connectivity index (χ2n) is 6.73. The summed E-state index contributed by atoms with van der Waals surface area (Å²) in [6.45, 7) is 6.53. The zero-order valence-corrected chi connectivity index (χ0v) is 14.4. The fourth-order valence-electron chi connectivity index (χ4n) is 3.51. The van der Waals surface area contributed by atoms with Crippen LogP contribution in [0.25, 0.3) is 22.2 Å². The summed E-state index contributed by atoms with van der Waals surface area (Å²) >= 11 is 0. The molecule has 122 valence electrons. The molecule has 1 fully saturated rings. The fraction of sp³-hybridized carbons (Fsp3) is 0.333. The van der Waals surface area contributed by atoms with Gasteiger partial charge in [-0.25, -0.2) is 4.98 Å². The predicted molar refractivity (Wildman–Crippen MR) is 101 cm³/mol. The van der Waals surface area contributed by atoms with E-state index in [0.717, 1.165) is 29.9 Å². The van der Waals surface area contributed by atoms with Crippen LogP contribution < -0.4 is 4.90 Å². The Labute approximate surface area is 143 Å². The topological polar surface area (TPSA) is 29.0 Å². The highest BCUT2D eigenvalue weighted by Crippen LogP contribution is 2.28.